The second kappa shape index (κ2) is 7.11. The van der Waals surface area contributed by atoms with Crippen LogP contribution in [0.3, 0.4) is 0 Å². The number of urea groups is 1. The summed E-state index contributed by atoms with van der Waals surface area (Å²) in [7, 11) is 0. The third-order valence-electron chi connectivity index (χ3n) is 5.63. The van der Waals surface area contributed by atoms with Crippen molar-refractivity contribution in [3.05, 3.63) is 71.3 Å². The zero-order valence-corrected chi connectivity index (χ0v) is 15.8. The van der Waals surface area contributed by atoms with Crippen LogP contribution in [0, 0.1) is 0 Å². The Morgan fingerprint density at radius 3 is 2.64 bits per heavy atom. The van der Waals surface area contributed by atoms with Crippen molar-refractivity contribution in [3.63, 3.8) is 0 Å². The summed E-state index contributed by atoms with van der Waals surface area (Å²) in [6.07, 6.45) is 2.85. The molecule has 2 aromatic carbocycles. The molecule has 2 N–H and O–H groups in total. The SMILES string of the molecule is C[C@@]1(c2ccccc2)NC(=O)N(CC(=O)N[C@@H]2CCCc3ccccc32)C1=O. The Morgan fingerprint density at radius 2 is 1.86 bits per heavy atom. The molecule has 2 atom stereocenters. The molecule has 6 heteroatoms. The number of aryl methyl sites for hydroxylation is 1. The molecule has 2 aliphatic rings. The highest BCUT2D eigenvalue weighted by Crippen LogP contribution is 2.30. The van der Waals surface area contributed by atoms with E-state index in [2.05, 4.69) is 16.7 Å². The van der Waals surface area contributed by atoms with E-state index in [1.54, 1.807) is 19.1 Å². The third-order valence-corrected chi connectivity index (χ3v) is 5.63. The van der Waals surface area contributed by atoms with Gasteiger partial charge in [0.05, 0.1) is 6.04 Å². The van der Waals surface area contributed by atoms with Crippen LogP contribution in [0.25, 0.3) is 0 Å². The van der Waals surface area contributed by atoms with Gasteiger partial charge in [-0.2, -0.15) is 0 Å². The van der Waals surface area contributed by atoms with Crippen LogP contribution in [0.1, 0.15) is 42.5 Å². The molecular formula is C22H23N3O3. The molecule has 28 heavy (non-hydrogen) atoms. The zero-order chi connectivity index (χ0) is 19.7. The number of hydrogen-bond acceptors (Lipinski definition) is 3. The number of hydrogen-bond donors (Lipinski definition) is 2. The molecular weight excluding hydrogens is 354 g/mol. The van der Waals surface area contributed by atoms with Crippen molar-refractivity contribution in [2.24, 2.45) is 0 Å². The van der Waals surface area contributed by atoms with Crippen LogP contribution in [0.15, 0.2) is 54.6 Å². The van der Waals surface area contributed by atoms with Crippen LogP contribution in [0.4, 0.5) is 4.79 Å². The number of imide groups is 1. The molecule has 0 spiro atoms. The van der Waals surface area contributed by atoms with E-state index in [1.165, 1.54) is 5.56 Å². The first-order chi connectivity index (χ1) is 13.5. The Morgan fingerprint density at radius 1 is 1.14 bits per heavy atom. The maximum atomic E-state index is 12.9. The van der Waals surface area contributed by atoms with Gasteiger partial charge in [-0.15, -0.1) is 0 Å². The van der Waals surface area contributed by atoms with Crippen molar-refractivity contribution in [2.75, 3.05) is 6.54 Å². The van der Waals surface area contributed by atoms with E-state index in [4.69, 9.17) is 0 Å². The molecule has 1 saturated heterocycles. The largest absolute Gasteiger partial charge is 0.348 e. The van der Waals surface area contributed by atoms with Gasteiger partial charge in [-0.25, -0.2) is 4.79 Å². The van der Waals surface area contributed by atoms with Crippen molar-refractivity contribution in [1.29, 1.82) is 0 Å². The van der Waals surface area contributed by atoms with Crippen LogP contribution in [0.2, 0.25) is 0 Å². The lowest BCUT2D eigenvalue weighted by Crippen LogP contribution is -2.44. The minimum absolute atomic E-state index is 0.0845. The van der Waals surface area contributed by atoms with Crippen LogP contribution in [0.5, 0.6) is 0 Å². The fourth-order valence-electron chi connectivity index (χ4n) is 4.10. The molecule has 2 aromatic rings. The summed E-state index contributed by atoms with van der Waals surface area (Å²) in [5.74, 6) is -0.745. The summed E-state index contributed by atoms with van der Waals surface area (Å²) >= 11 is 0. The predicted octanol–water partition coefficient (Wildman–Crippen LogP) is 2.65. The third kappa shape index (κ3) is 3.15. The van der Waals surface area contributed by atoms with Crippen molar-refractivity contribution in [3.8, 4) is 0 Å². The Kier molecular flexibility index (Phi) is 4.63. The van der Waals surface area contributed by atoms with E-state index in [-0.39, 0.29) is 18.5 Å². The number of benzene rings is 2. The number of fused-ring (bicyclic) bond motifs is 1. The highest BCUT2D eigenvalue weighted by molar-refractivity contribution is 6.09. The summed E-state index contributed by atoms with van der Waals surface area (Å²) in [5.41, 5.74) is 1.90. The average molecular weight is 377 g/mol. The van der Waals surface area contributed by atoms with Crippen LogP contribution >= 0.6 is 0 Å². The van der Waals surface area contributed by atoms with E-state index >= 15 is 0 Å². The molecule has 0 aromatic heterocycles. The summed E-state index contributed by atoms with van der Waals surface area (Å²) in [6.45, 7) is 1.38. The van der Waals surface area contributed by atoms with Crippen molar-refractivity contribution in [2.45, 2.75) is 37.8 Å². The highest BCUT2D eigenvalue weighted by atomic mass is 16.2. The van der Waals surface area contributed by atoms with E-state index < -0.39 is 17.5 Å². The number of carbonyl (C=O) groups is 3. The van der Waals surface area contributed by atoms with Crippen molar-refractivity contribution in [1.82, 2.24) is 15.5 Å². The molecule has 4 amide bonds. The maximum absolute atomic E-state index is 12.9. The average Bonchev–Trinajstić information content (AvgIpc) is 2.93. The fraction of sp³-hybridized carbons (Fsp3) is 0.318. The molecule has 1 aliphatic carbocycles. The summed E-state index contributed by atoms with van der Waals surface area (Å²) in [4.78, 5) is 39.0. The van der Waals surface area contributed by atoms with Crippen molar-refractivity contribution < 1.29 is 14.4 Å². The van der Waals surface area contributed by atoms with Gasteiger partial charge in [-0.05, 0) is 42.9 Å². The van der Waals surface area contributed by atoms with E-state index in [9.17, 15) is 14.4 Å². The number of rotatable bonds is 4. The van der Waals surface area contributed by atoms with E-state index in [1.807, 2.05) is 36.4 Å². The Balaban J connectivity index is 1.47. The van der Waals surface area contributed by atoms with Gasteiger partial charge in [-0.1, -0.05) is 54.6 Å². The van der Waals surface area contributed by atoms with Crippen LogP contribution in [-0.4, -0.2) is 29.3 Å². The van der Waals surface area contributed by atoms with Crippen LogP contribution in [-0.2, 0) is 21.5 Å². The molecule has 144 valence electrons. The van der Waals surface area contributed by atoms with Gasteiger partial charge in [0.1, 0.15) is 12.1 Å². The second-order valence-corrected chi connectivity index (χ2v) is 7.52. The van der Waals surface area contributed by atoms with Gasteiger partial charge in [0.15, 0.2) is 0 Å². The quantitative estimate of drug-likeness (QED) is 0.804. The van der Waals surface area contributed by atoms with Crippen LogP contribution < -0.4 is 10.6 Å². The minimum Gasteiger partial charge on any atom is -0.348 e. The Hall–Kier alpha value is -3.15. The number of carbonyl (C=O) groups excluding carboxylic acids is 3. The summed E-state index contributed by atoms with van der Waals surface area (Å²) in [5, 5.41) is 5.73. The minimum atomic E-state index is -1.16. The molecule has 0 bridgehead atoms. The van der Waals surface area contributed by atoms with Gasteiger partial charge in [0.25, 0.3) is 5.91 Å². The molecule has 1 aliphatic heterocycles. The lowest BCUT2D eigenvalue weighted by molar-refractivity contribution is -0.135. The second-order valence-electron chi connectivity index (χ2n) is 7.52. The lowest BCUT2D eigenvalue weighted by Gasteiger charge is -2.27. The van der Waals surface area contributed by atoms with Gasteiger partial charge in [0, 0.05) is 0 Å². The lowest BCUT2D eigenvalue weighted by atomic mass is 9.88. The van der Waals surface area contributed by atoms with E-state index in [0.717, 1.165) is 29.7 Å². The number of nitrogens with zero attached hydrogens (tertiary/aromatic N) is 1. The molecule has 0 saturated carbocycles. The van der Waals surface area contributed by atoms with E-state index in [0.29, 0.717) is 5.56 Å². The molecule has 1 fully saturated rings. The first-order valence-corrected chi connectivity index (χ1v) is 9.56. The molecule has 4 rings (SSSR count). The Bertz CT molecular complexity index is 928. The van der Waals surface area contributed by atoms with Gasteiger partial charge >= 0.3 is 6.03 Å². The fourth-order valence-corrected chi connectivity index (χ4v) is 4.10. The summed E-state index contributed by atoms with van der Waals surface area (Å²) < 4.78 is 0. The highest BCUT2D eigenvalue weighted by Gasteiger charge is 2.49. The maximum Gasteiger partial charge on any atom is 0.325 e. The summed E-state index contributed by atoms with van der Waals surface area (Å²) in [6, 6.07) is 16.5. The van der Waals surface area contributed by atoms with Gasteiger partial charge in [0.2, 0.25) is 5.91 Å². The molecule has 0 unspecified atom stereocenters. The van der Waals surface area contributed by atoms with Gasteiger partial charge in [-0.3, -0.25) is 14.5 Å². The Labute approximate surface area is 163 Å². The normalized spacial score (nSPS) is 23.9. The zero-order valence-electron chi connectivity index (χ0n) is 15.8. The molecule has 0 radical (unpaired) electrons. The molecule has 6 nitrogen and oxygen atoms in total. The smallest absolute Gasteiger partial charge is 0.325 e. The van der Waals surface area contributed by atoms with Crippen molar-refractivity contribution >= 4 is 17.8 Å². The topological polar surface area (TPSA) is 78.5 Å². The number of nitrogens with one attached hydrogen (secondary N) is 2. The molecule has 1 heterocycles. The number of amides is 4. The van der Waals surface area contributed by atoms with Gasteiger partial charge < -0.3 is 10.6 Å². The monoisotopic (exact) mass is 377 g/mol. The first-order valence-electron chi connectivity index (χ1n) is 9.56. The predicted molar refractivity (Wildman–Crippen MR) is 104 cm³/mol. The first kappa shape index (κ1) is 18.2. The standard InChI is InChI=1S/C22H23N3O3/c1-22(16-10-3-2-4-11-16)20(27)25(21(28)24-22)14-19(26)23-18-13-7-9-15-8-5-6-12-17(15)18/h2-6,8,10-12,18H,7,9,13-14H2,1H3,(H,23,26)(H,24,28)/t18-,22+/m1/s1.